The van der Waals surface area contributed by atoms with Gasteiger partial charge in [0.2, 0.25) is 0 Å². The Balaban J connectivity index is 2.29. The standard InChI is InChI=1S/C20H20N2O4S/c1-4-26-20(23)16-13(3)21-18(15-10-7-11-27-15)19(22(24)25)17(16)14-9-6-5-8-12(14)2/h5-11,17,21H,4H2,1-3H3. The summed E-state index contributed by atoms with van der Waals surface area (Å²) in [4.78, 5) is 25.2. The maximum atomic E-state index is 12.7. The number of nitrogens with one attached hydrogen (secondary N) is 1. The second kappa shape index (κ2) is 7.75. The molecule has 1 atom stereocenters. The first-order valence-electron chi connectivity index (χ1n) is 8.58. The summed E-state index contributed by atoms with van der Waals surface area (Å²) < 4.78 is 5.22. The van der Waals surface area contributed by atoms with Crippen molar-refractivity contribution in [3.8, 4) is 0 Å². The second-order valence-corrected chi connectivity index (χ2v) is 7.12. The van der Waals surface area contributed by atoms with E-state index in [0.29, 0.717) is 11.4 Å². The van der Waals surface area contributed by atoms with Gasteiger partial charge in [-0.2, -0.15) is 0 Å². The van der Waals surface area contributed by atoms with Crippen LogP contribution in [0.3, 0.4) is 0 Å². The van der Waals surface area contributed by atoms with Crippen LogP contribution in [0.15, 0.2) is 58.7 Å². The number of nitrogens with zero attached hydrogens (tertiary/aromatic N) is 1. The first-order chi connectivity index (χ1) is 13.0. The number of esters is 1. The lowest BCUT2D eigenvalue weighted by Gasteiger charge is -2.28. The van der Waals surface area contributed by atoms with Crippen LogP contribution < -0.4 is 5.32 Å². The van der Waals surface area contributed by atoms with Gasteiger partial charge < -0.3 is 10.1 Å². The van der Waals surface area contributed by atoms with Gasteiger partial charge in [0, 0.05) is 5.70 Å². The minimum absolute atomic E-state index is 0.0413. The SMILES string of the molecule is CCOC(=O)C1=C(C)NC(c2cccs2)=C([N+](=O)[O-])C1c1ccccc1C. The van der Waals surface area contributed by atoms with Gasteiger partial charge >= 0.3 is 5.97 Å². The van der Waals surface area contributed by atoms with Crippen LogP contribution in [0.4, 0.5) is 0 Å². The minimum atomic E-state index is -0.807. The lowest BCUT2D eigenvalue weighted by Crippen LogP contribution is -2.32. The topological polar surface area (TPSA) is 81.5 Å². The molecule has 3 rings (SSSR count). The van der Waals surface area contributed by atoms with Gasteiger partial charge in [0.15, 0.2) is 0 Å². The van der Waals surface area contributed by atoms with Gasteiger partial charge in [-0.1, -0.05) is 30.3 Å². The Labute approximate surface area is 161 Å². The Bertz CT molecular complexity index is 945. The number of nitro groups is 1. The fourth-order valence-corrected chi connectivity index (χ4v) is 4.05. The van der Waals surface area contributed by atoms with Crippen molar-refractivity contribution in [1.82, 2.24) is 5.32 Å². The molecule has 0 fully saturated rings. The molecule has 0 aliphatic carbocycles. The number of hydrogen-bond donors (Lipinski definition) is 1. The van der Waals surface area contributed by atoms with Gasteiger partial charge in [-0.25, -0.2) is 4.79 Å². The van der Waals surface area contributed by atoms with Crippen molar-refractivity contribution in [2.75, 3.05) is 6.61 Å². The molecule has 1 N–H and O–H groups in total. The molecule has 0 bridgehead atoms. The molecule has 0 saturated carbocycles. The second-order valence-electron chi connectivity index (χ2n) is 6.17. The van der Waals surface area contributed by atoms with E-state index in [1.54, 1.807) is 13.8 Å². The Morgan fingerprint density at radius 2 is 2.00 bits per heavy atom. The fraction of sp³-hybridized carbons (Fsp3) is 0.250. The van der Waals surface area contributed by atoms with Crippen molar-refractivity contribution in [2.24, 2.45) is 0 Å². The number of ether oxygens (including phenoxy) is 1. The van der Waals surface area contributed by atoms with Crippen LogP contribution in [0, 0.1) is 17.0 Å². The van der Waals surface area contributed by atoms with Gasteiger partial charge in [0.05, 0.1) is 22.0 Å². The molecule has 0 saturated heterocycles. The highest BCUT2D eigenvalue weighted by Gasteiger charge is 2.43. The smallest absolute Gasteiger partial charge is 0.336 e. The summed E-state index contributed by atoms with van der Waals surface area (Å²) in [6.45, 7) is 5.55. The van der Waals surface area contributed by atoms with E-state index in [2.05, 4.69) is 5.32 Å². The summed E-state index contributed by atoms with van der Waals surface area (Å²) >= 11 is 1.41. The minimum Gasteiger partial charge on any atom is -0.463 e. The highest BCUT2D eigenvalue weighted by Crippen LogP contribution is 2.42. The Morgan fingerprint density at radius 1 is 1.26 bits per heavy atom. The first-order valence-corrected chi connectivity index (χ1v) is 9.46. The van der Waals surface area contributed by atoms with E-state index in [1.165, 1.54) is 11.3 Å². The molecule has 0 spiro atoms. The van der Waals surface area contributed by atoms with Crippen molar-refractivity contribution in [2.45, 2.75) is 26.7 Å². The van der Waals surface area contributed by atoms with Crippen LogP contribution in [-0.4, -0.2) is 17.5 Å². The van der Waals surface area contributed by atoms with Crippen LogP contribution in [-0.2, 0) is 9.53 Å². The van der Waals surface area contributed by atoms with Crippen molar-refractivity contribution in [3.63, 3.8) is 0 Å². The Hall–Kier alpha value is -2.93. The van der Waals surface area contributed by atoms with E-state index in [1.807, 2.05) is 48.7 Å². The molecule has 6 nitrogen and oxygen atoms in total. The lowest BCUT2D eigenvalue weighted by molar-refractivity contribution is -0.428. The predicted octanol–water partition coefficient (Wildman–Crippen LogP) is 4.23. The number of carbonyl (C=O) groups excluding carboxylic acids is 1. The third-order valence-corrected chi connectivity index (χ3v) is 5.38. The summed E-state index contributed by atoms with van der Waals surface area (Å²) in [7, 11) is 0. The molecule has 0 amide bonds. The summed E-state index contributed by atoms with van der Waals surface area (Å²) in [5.41, 5.74) is 2.83. The zero-order valence-electron chi connectivity index (χ0n) is 15.3. The molecule has 1 aliphatic heterocycles. The number of thiophene rings is 1. The summed E-state index contributed by atoms with van der Waals surface area (Å²) in [5.74, 6) is -1.35. The molecule has 1 unspecified atom stereocenters. The highest BCUT2D eigenvalue weighted by molar-refractivity contribution is 7.11. The monoisotopic (exact) mass is 384 g/mol. The van der Waals surface area contributed by atoms with Gasteiger partial charge in [-0.05, 0) is 43.3 Å². The molecule has 27 heavy (non-hydrogen) atoms. The summed E-state index contributed by atoms with van der Waals surface area (Å²) in [6, 6.07) is 11.1. The normalized spacial score (nSPS) is 16.9. The molecule has 140 valence electrons. The number of carbonyl (C=O) groups is 1. The number of aryl methyl sites for hydroxylation is 1. The Kier molecular flexibility index (Phi) is 5.41. The molecule has 2 aromatic rings. The van der Waals surface area contributed by atoms with Gasteiger partial charge in [0.1, 0.15) is 11.6 Å². The largest absolute Gasteiger partial charge is 0.463 e. The van der Waals surface area contributed by atoms with E-state index in [9.17, 15) is 14.9 Å². The van der Waals surface area contributed by atoms with E-state index in [-0.39, 0.29) is 17.9 Å². The molecule has 1 aromatic heterocycles. The zero-order valence-corrected chi connectivity index (χ0v) is 16.1. The number of hydrogen-bond acceptors (Lipinski definition) is 6. The van der Waals surface area contributed by atoms with Crippen LogP contribution in [0.1, 0.15) is 35.8 Å². The molecule has 1 aromatic carbocycles. The number of allylic oxidation sites excluding steroid dienone is 2. The number of dihydropyridines is 1. The van der Waals surface area contributed by atoms with E-state index < -0.39 is 16.8 Å². The molecule has 1 aliphatic rings. The van der Waals surface area contributed by atoms with Crippen molar-refractivity contribution in [3.05, 3.63) is 84.9 Å². The van der Waals surface area contributed by atoms with E-state index in [4.69, 9.17) is 4.74 Å². The third kappa shape index (κ3) is 3.50. The van der Waals surface area contributed by atoms with Gasteiger partial charge in [-0.15, -0.1) is 11.3 Å². The quantitative estimate of drug-likeness (QED) is 0.474. The molecule has 0 radical (unpaired) electrons. The fourth-order valence-electron chi connectivity index (χ4n) is 3.32. The van der Waals surface area contributed by atoms with Crippen molar-refractivity contribution < 1.29 is 14.5 Å². The maximum absolute atomic E-state index is 12.7. The van der Waals surface area contributed by atoms with Crippen LogP contribution in [0.2, 0.25) is 0 Å². The van der Waals surface area contributed by atoms with E-state index >= 15 is 0 Å². The molecular weight excluding hydrogens is 364 g/mol. The highest BCUT2D eigenvalue weighted by atomic mass is 32.1. The molecule has 2 heterocycles. The first kappa shape index (κ1) is 18.8. The van der Waals surface area contributed by atoms with Gasteiger partial charge in [-0.3, -0.25) is 10.1 Å². The zero-order chi connectivity index (χ0) is 19.6. The lowest BCUT2D eigenvalue weighted by atomic mass is 9.82. The van der Waals surface area contributed by atoms with Crippen LogP contribution in [0.5, 0.6) is 0 Å². The van der Waals surface area contributed by atoms with Crippen LogP contribution >= 0.6 is 11.3 Å². The van der Waals surface area contributed by atoms with E-state index in [0.717, 1.165) is 16.0 Å². The van der Waals surface area contributed by atoms with Crippen LogP contribution in [0.25, 0.3) is 5.70 Å². The Morgan fingerprint density at radius 3 is 2.59 bits per heavy atom. The predicted molar refractivity (Wildman–Crippen MR) is 105 cm³/mol. The van der Waals surface area contributed by atoms with Gasteiger partial charge in [0.25, 0.3) is 5.70 Å². The molecule has 7 heteroatoms. The third-order valence-electron chi connectivity index (χ3n) is 4.49. The summed E-state index contributed by atoms with van der Waals surface area (Å²) in [5, 5.41) is 17.1. The van der Waals surface area contributed by atoms with Crippen molar-refractivity contribution >= 4 is 23.0 Å². The number of benzene rings is 1. The van der Waals surface area contributed by atoms with Crippen molar-refractivity contribution in [1.29, 1.82) is 0 Å². The average Bonchev–Trinajstić information content (AvgIpc) is 3.15. The maximum Gasteiger partial charge on any atom is 0.336 e. The summed E-state index contributed by atoms with van der Waals surface area (Å²) in [6.07, 6.45) is 0. The average molecular weight is 384 g/mol. The number of rotatable bonds is 5. The molecular formula is C20H20N2O4S.